The van der Waals surface area contributed by atoms with Crippen molar-refractivity contribution in [3.05, 3.63) is 64.5 Å². The van der Waals surface area contributed by atoms with Crippen LogP contribution in [-0.4, -0.2) is 17.0 Å². The molecular formula is C19H14O6. The van der Waals surface area contributed by atoms with Crippen molar-refractivity contribution in [1.82, 2.24) is 0 Å². The highest BCUT2D eigenvalue weighted by molar-refractivity contribution is 5.83. The maximum absolute atomic E-state index is 12.3. The van der Waals surface area contributed by atoms with Crippen LogP contribution in [0.5, 0.6) is 5.75 Å². The van der Waals surface area contributed by atoms with Gasteiger partial charge in [-0.05, 0) is 29.3 Å². The highest BCUT2D eigenvalue weighted by Gasteiger charge is 2.10. The van der Waals surface area contributed by atoms with Crippen molar-refractivity contribution in [2.45, 2.75) is 13.3 Å². The Morgan fingerprint density at radius 3 is 2.44 bits per heavy atom. The Morgan fingerprint density at radius 1 is 1.08 bits per heavy atom. The summed E-state index contributed by atoms with van der Waals surface area (Å²) < 4.78 is 10.3. The molecule has 0 unspecified atom stereocenters. The average Bonchev–Trinajstić information content (AvgIpc) is 2.54. The summed E-state index contributed by atoms with van der Waals surface area (Å²) in [5.74, 6) is -1.07. The number of carboxylic acid groups (broad SMARTS) is 1. The predicted molar refractivity (Wildman–Crippen MR) is 90.6 cm³/mol. The molecule has 25 heavy (non-hydrogen) atoms. The number of carbonyl (C=O) groups is 2. The summed E-state index contributed by atoms with van der Waals surface area (Å²) in [6.45, 7) is 1.29. The minimum atomic E-state index is -0.915. The molecule has 0 spiro atoms. The van der Waals surface area contributed by atoms with Gasteiger partial charge in [-0.1, -0.05) is 24.3 Å². The molecule has 3 aromatic rings. The van der Waals surface area contributed by atoms with Crippen molar-refractivity contribution in [2.75, 3.05) is 0 Å². The third-order valence-corrected chi connectivity index (χ3v) is 3.59. The fourth-order valence-electron chi connectivity index (χ4n) is 2.50. The molecule has 0 aliphatic carbocycles. The number of hydrogen-bond acceptors (Lipinski definition) is 5. The fourth-order valence-corrected chi connectivity index (χ4v) is 2.50. The van der Waals surface area contributed by atoms with Crippen molar-refractivity contribution < 1.29 is 23.8 Å². The second-order valence-corrected chi connectivity index (χ2v) is 5.51. The summed E-state index contributed by atoms with van der Waals surface area (Å²) in [6.07, 6.45) is -0.0778. The van der Waals surface area contributed by atoms with E-state index in [9.17, 15) is 14.4 Å². The molecule has 0 bridgehead atoms. The van der Waals surface area contributed by atoms with Gasteiger partial charge in [-0.25, -0.2) is 4.79 Å². The summed E-state index contributed by atoms with van der Waals surface area (Å²) in [5.41, 5.74) is 1.43. The van der Waals surface area contributed by atoms with Crippen LogP contribution in [-0.2, 0) is 16.0 Å². The quantitative estimate of drug-likeness (QED) is 0.446. The van der Waals surface area contributed by atoms with Crippen LogP contribution in [0.4, 0.5) is 0 Å². The van der Waals surface area contributed by atoms with Crippen LogP contribution < -0.4 is 10.4 Å². The first-order valence-corrected chi connectivity index (χ1v) is 7.50. The highest BCUT2D eigenvalue weighted by atomic mass is 16.5. The van der Waals surface area contributed by atoms with Crippen molar-refractivity contribution >= 4 is 22.9 Å². The zero-order valence-corrected chi connectivity index (χ0v) is 13.3. The van der Waals surface area contributed by atoms with Gasteiger partial charge in [-0.3, -0.25) is 9.59 Å². The molecule has 0 atom stereocenters. The molecule has 0 aliphatic heterocycles. The Bertz CT molecular complexity index is 1010. The lowest BCUT2D eigenvalue weighted by Gasteiger charge is -2.05. The molecule has 2 aromatic carbocycles. The molecule has 126 valence electrons. The van der Waals surface area contributed by atoms with E-state index in [0.29, 0.717) is 33.4 Å². The van der Waals surface area contributed by atoms with E-state index in [4.69, 9.17) is 14.3 Å². The minimum Gasteiger partial charge on any atom is -0.481 e. The number of carboxylic acids is 1. The fraction of sp³-hybridized carbons (Fsp3) is 0.105. The molecule has 1 aromatic heterocycles. The molecule has 6 nitrogen and oxygen atoms in total. The number of hydrogen-bond donors (Lipinski definition) is 1. The van der Waals surface area contributed by atoms with Crippen molar-refractivity contribution in [3.63, 3.8) is 0 Å². The zero-order chi connectivity index (χ0) is 18.0. The van der Waals surface area contributed by atoms with Gasteiger partial charge in [0.25, 0.3) is 0 Å². The van der Waals surface area contributed by atoms with Crippen LogP contribution in [0, 0.1) is 0 Å². The van der Waals surface area contributed by atoms with Gasteiger partial charge in [0.1, 0.15) is 11.3 Å². The molecular weight excluding hydrogens is 324 g/mol. The molecule has 1 N–H and O–H groups in total. The number of benzene rings is 2. The van der Waals surface area contributed by atoms with E-state index in [1.54, 1.807) is 42.5 Å². The Morgan fingerprint density at radius 2 is 1.80 bits per heavy atom. The van der Waals surface area contributed by atoms with E-state index in [1.165, 1.54) is 13.0 Å². The zero-order valence-electron chi connectivity index (χ0n) is 13.3. The number of aliphatic carboxylic acids is 1. The molecule has 1 heterocycles. The van der Waals surface area contributed by atoms with Crippen molar-refractivity contribution in [3.8, 4) is 16.9 Å². The van der Waals surface area contributed by atoms with Gasteiger partial charge in [0.05, 0.1) is 12.0 Å². The second-order valence-electron chi connectivity index (χ2n) is 5.51. The van der Waals surface area contributed by atoms with E-state index in [0.717, 1.165) is 0 Å². The van der Waals surface area contributed by atoms with Crippen molar-refractivity contribution in [1.29, 1.82) is 0 Å². The van der Waals surface area contributed by atoms with Gasteiger partial charge in [0, 0.05) is 18.4 Å². The first kappa shape index (κ1) is 16.4. The summed E-state index contributed by atoms with van der Waals surface area (Å²) in [5, 5.41) is 9.48. The van der Waals surface area contributed by atoms with E-state index < -0.39 is 17.6 Å². The van der Waals surface area contributed by atoms with Crippen LogP contribution in [0.2, 0.25) is 0 Å². The van der Waals surface area contributed by atoms with Gasteiger partial charge >= 0.3 is 17.6 Å². The first-order chi connectivity index (χ1) is 11.9. The molecule has 0 radical (unpaired) electrons. The normalized spacial score (nSPS) is 10.6. The van der Waals surface area contributed by atoms with Gasteiger partial charge in [0.15, 0.2) is 0 Å². The largest absolute Gasteiger partial charge is 0.481 e. The van der Waals surface area contributed by atoms with Crippen LogP contribution in [0.15, 0.2) is 57.7 Å². The van der Waals surface area contributed by atoms with E-state index in [-0.39, 0.29) is 6.42 Å². The predicted octanol–water partition coefficient (Wildman–Crippen LogP) is 3.01. The third-order valence-electron chi connectivity index (χ3n) is 3.59. The molecule has 0 aliphatic rings. The SMILES string of the molecule is CC(=O)Oc1ccc2cc(-c3ccc(CC(=O)O)cc3)c(=O)oc2c1. The third kappa shape index (κ3) is 3.74. The Kier molecular flexibility index (Phi) is 4.35. The Hall–Kier alpha value is -3.41. The van der Waals surface area contributed by atoms with Gasteiger partial charge in [-0.15, -0.1) is 0 Å². The average molecular weight is 338 g/mol. The van der Waals surface area contributed by atoms with E-state index in [2.05, 4.69) is 0 Å². The summed E-state index contributed by atoms with van der Waals surface area (Å²) in [4.78, 5) is 34.0. The molecule has 0 fully saturated rings. The number of esters is 1. The van der Waals surface area contributed by atoms with Crippen molar-refractivity contribution in [2.24, 2.45) is 0 Å². The highest BCUT2D eigenvalue weighted by Crippen LogP contribution is 2.24. The number of rotatable bonds is 4. The maximum atomic E-state index is 12.3. The summed E-state index contributed by atoms with van der Waals surface area (Å²) in [6, 6.07) is 13.2. The topological polar surface area (TPSA) is 93.8 Å². The van der Waals surface area contributed by atoms with Crippen LogP contribution in [0.3, 0.4) is 0 Å². The molecule has 0 saturated heterocycles. The van der Waals surface area contributed by atoms with E-state index in [1.807, 2.05) is 0 Å². The smallest absolute Gasteiger partial charge is 0.344 e. The lowest BCUT2D eigenvalue weighted by Crippen LogP contribution is -2.04. The number of carbonyl (C=O) groups excluding carboxylic acids is 1. The van der Waals surface area contributed by atoms with Gasteiger partial charge in [0.2, 0.25) is 0 Å². The first-order valence-electron chi connectivity index (χ1n) is 7.50. The Balaban J connectivity index is 1.99. The minimum absolute atomic E-state index is 0.0778. The van der Waals surface area contributed by atoms with Gasteiger partial charge in [-0.2, -0.15) is 0 Å². The van der Waals surface area contributed by atoms with Crippen LogP contribution in [0.1, 0.15) is 12.5 Å². The lowest BCUT2D eigenvalue weighted by atomic mass is 10.0. The molecule has 6 heteroatoms. The lowest BCUT2D eigenvalue weighted by molar-refractivity contribution is -0.136. The molecule has 0 amide bonds. The van der Waals surface area contributed by atoms with Gasteiger partial charge < -0.3 is 14.3 Å². The second kappa shape index (κ2) is 6.60. The van der Waals surface area contributed by atoms with Crippen LogP contribution in [0.25, 0.3) is 22.1 Å². The molecule has 0 saturated carbocycles. The standard InChI is InChI=1S/C19H14O6/c1-11(20)24-15-7-6-14-9-16(19(23)25-17(14)10-15)13-4-2-12(3-5-13)8-18(21)22/h2-7,9-10H,8H2,1H3,(H,21,22). The number of fused-ring (bicyclic) bond motifs is 1. The summed E-state index contributed by atoms with van der Waals surface area (Å²) in [7, 11) is 0. The Labute approximate surface area is 142 Å². The summed E-state index contributed by atoms with van der Waals surface area (Å²) >= 11 is 0. The molecule has 3 rings (SSSR count). The van der Waals surface area contributed by atoms with E-state index >= 15 is 0 Å². The monoisotopic (exact) mass is 338 g/mol. The maximum Gasteiger partial charge on any atom is 0.344 e. The van der Waals surface area contributed by atoms with Crippen LogP contribution >= 0.6 is 0 Å². The number of ether oxygens (including phenoxy) is 1.